The Morgan fingerprint density at radius 1 is 1.29 bits per heavy atom. The van der Waals surface area contributed by atoms with Crippen LogP contribution in [0.4, 0.5) is 0 Å². The molecule has 0 bridgehead atoms. The molecule has 21 heavy (non-hydrogen) atoms. The molecule has 1 unspecified atom stereocenters. The number of carboxylic acids is 1. The van der Waals surface area contributed by atoms with Crippen LogP contribution < -0.4 is 9.47 Å². The second kappa shape index (κ2) is 8.14. The van der Waals surface area contributed by atoms with Crippen LogP contribution in [0, 0.1) is 0 Å². The number of carbonyl (C=O) groups is 2. The monoisotopic (exact) mass is 296 g/mol. The van der Waals surface area contributed by atoms with E-state index < -0.39 is 18.0 Å². The van der Waals surface area contributed by atoms with E-state index in [2.05, 4.69) is 0 Å². The first-order valence-electron chi connectivity index (χ1n) is 6.83. The van der Waals surface area contributed by atoms with Crippen molar-refractivity contribution in [2.24, 2.45) is 0 Å². The van der Waals surface area contributed by atoms with Crippen molar-refractivity contribution in [2.45, 2.75) is 33.3 Å². The van der Waals surface area contributed by atoms with E-state index in [4.69, 9.17) is 19.3 Å². The van der Waals surface area contributed by atoms with Crippen LogP contribution in [0.15, 0.2) is 18.2 Å². The molecule has 0 fully saturated rings. The van der Waals surface area contributed by atoms with Crippen molar-refractivity contribution in [3.05, 3.63) is 23.8 Å². The molecular formula is C15H20O6. The normalized spacial score (nSPS) is 11.6. The summed E-state index contributed by atoms with van der Waals surface area (Å²) in [7, 11) is 0. The Balaban J connectivity index is 2.95. The van der Waals surface area contributed by atoms with E-state index in [0.717, 1.165) is 6.42 Å². The summed E-state index contributed by atoms with van der Waals surface area (Å²) < 4.78 is 15.7. The largest absolute Gasteiger partial charge is 0.493 e. The molecule has 0 radical (unpaired) electrons. The number of rotatable bonds is 8. The first-order valence-corrected chi connectivity index (χ1v) is 6.83. The number of esters is 1. The second-order valence-electron chi connectivity index (χ2n) is 4.32. The predicted octanol–water partition coefficient (Wildman–Crippen LogP) is 2.50. The molecule has 0 saturated heterocycles. The molecule has 0 aliphatic carbocycles. The van der Waals surface area contributed by atoms with Crippen LogP contribution in [-0.4, -0.2) is 36.4 Å². The molecule has 1 atom stereocenters. The Hall–Kier alpha value is -2.24. The lowest BCUT2D eigenvalue weighted by Crippen LogP contribution is -2.26. The lowest BCUT2D eigenvalue weighted by molar-refractivity contribution is -0.150. The molecule has 1 N–H and O–H groups in total. The van der Waals surface area contributed by atoms with Gasteiger partial charge in [0.25, 0.3) is 0 Å². The molecule has 0 heterocycles. The summed E-state index contributed by atoms with van der Waals surface area (Å²) in [6, 6.07) is 4.41. The number of hydrogen-bond acceptors (Lipinski definition) is 5. The fraction of sp³-hybridized carbons (Fsp3) is 0.467. The van der Waals surface area contributed by atoms with E-state index in [9.17, 15) is 9.59 Å². The van der Waals surface area contributed by atoms with Gasteiger partial charge < -0.3 is 19.3 Å². The molecule has 1 rings (SSSR count). The van der Waals surface area contributed by atoms with Crippen molar-refractivity contribution in [1.82, 2.24) is 0 Å². The highest BCUT2D eigenvalue weighted by Crippen LogP contribution is 2.26. The molecule has 6 nitrogen and oxygen atoms in total. The van der Waals surface area contributed by atoms with E-state index in [1.54, 1.807) is 13.0 Å². The first kappa shape index (κ1) is 16.8. The van der Waals surface area contributed by atoms with Gasteiger partial charge in [0.2, 0.25) is 0 Å². The van der Waals surface area contributed by atoms with Gasteiger partial charge in [-0.15, -0.1) is 0 Å². The van der Waals surface area contributed by atoms with Gasteiger partial charge in [-0.1, -0.05) is 6.92 Å². The van der Waals surface area contributed by atoms with Gasteiger partial charge in [-0.3, -0.25) is 0 Å². The molecular weight excluding hydrogens is 276 g/mol. The number of ether oxygens (including phenoxy) is 3. The van der Waals surface area contributed by atoms with Gasteiger partial charge >= 0.3 is 11.9 Å². The Labute approximate surface area is 123 Å². The van der Waals surface area contributed by atoms with Crippen LogP contribution in [0.2, 0.25) is 0 Å². The van der Waals surface area contributed by atoms with Gasteiger partial charge in [-0.2, -0.15) is 0 Å². The van der Waals surface area contributed by atoms with Gasteiger partial charge in [0.05, 0.1) is 13.2 Å². The Morgan fingerprint density at radius 2 is 2.00 bits per heavy atom. The Bertz CT molecular complexity index is 497. The van der Waals surface area contributed by atoms with Crippen LogP contribution in [-0.2, 0) is 9.53 Å². The quantitative estimate of drug-likeness (QED) is 0.742. The minimum atomic E-state index is -1.14. The van der Waals surface area contributed by atoms with Crippen LogP contribution >= 0.6 is 0 Å². The summed E-state index contributed by atoms with van der Waals surface area (Å²) in [5.74, 6) is -1.11. The average Bonchev–Trinajstić information content (AvgIpc) is 2.45. The second-order valence-corrected chi connectivity index (χ2v) is 4.32. The van der Waals surface area contributed by atoms with Crippen molar-refractivity contribution in [1.29, 1.82) is 0 Å². The van der Waals surface area contributed by atoms with E-state index in [-0.39, 0.29) is 17.9 Å². The third-order valence-corrected chi connectivity index (χ3v) is 2.58. The third kappa shape index (κ3) is 4.98. The van der Waals surface area contributed by atoms with Crippen molar-refractivity contribution in [3.8, 4) is 11.5 Å². The molecule has 0 aliphatic rings. The van der Waals surface area contributed by atoms with Crippen LogP contribution in [0.25, 0.3) is 0 Å². The summed E-state index contributed by atoms with van der Waals surface area (Å²) in [5, 5.41) is 9.15. The molecule has 116 valence electrons. The van der Waals surface area contributed by atoms with Gasteiger partial charge in [-0.25, -0.2) is 9.59 Å². The highest BCUT2D eigenvalue weighted by molar-refractivity contribution is 5.91. The Morgan fingerprint density at radius 3 is 2.57 bits per heavy atom. The SMILES string of the molecule is CCCOc1ccc(C(=O)O)c(OC(C)C(=O)OCC)c1. The van der Waals surface area contributed by atoms with Crippen molar-refractivity contribution in [3.63, 3.8) is 0 Å². The summed E-state index contributed by atoms with van der Waals surface area (Å²) in [4.78, 5) is 22.7. The standard InChI is InChI=1S/C15H20O6/c1-4-8-20-11-6-7-12(14(16)17)13(9-11)21-10(3)15(18)19-5-2/h6-7,9-10H,4-5,8H2,1-3H3,(H,16,17). The molecule has 1 aromatic carbocycles. The third-order valence-electron chi connectivity index (χ3n) is 2.58. The van der Waals surface area contributed by atoms with E-state index in [1.807, 2.05) is 6.92 Å². The van der Waals surface area contributed by atoms with E-state index in [1.165, 1.54) is 19.1 Å². The minimum Gasteiger partial charge on any atom is -0.493 e. The minimum absolute atomic E-state index is 0.0324. The van der Waals surface area contributed by atoms with Crippen molar-refractivity contribution < 1.29 is 28.9 Å². The summed E-state index contributed by atoms with van der Waals surface area (Å²) >= 11 is 0. The zero-order valence-electron chi connectivity index (χ0n) is 12.4. The fourth-order valence-corrected chi connectivity index (χ4v) is 1.58. The highest BCUT2D eigenvalue weighted by Gasteiger charge is 2.20. The van der Waals surface area contributed by atoms with E-state index in [0.29, 0.717) is 12.4 Å². The fourth-order valence-electron chi connectivity index (χ4n) is 1.58. The number of benzene rings is 1. The molecule has 0 aromatic heterocycles. The summed E-state index contributed by atoms with van der Waals surface area (Å²) in [6.07, 6.45) is -0.0692. The predicted molar refractivity (Wildman–Crippen MR) is 75.9 cm³/mol. The lowest BCUT2D eigenvalue weighted by Gasteiger charge is -2.16. The highest BCUT2D eigenvalue weighted by atomic mass is 16.6. The number of hydrogen-bond donors (Lipinski definition) is 1. The summed E-state index contributed by atoms with van der Waals surface area (Å²) in [5.41, 5.74) is -0.0324. The topological polar surface area (TPSA) is 82.1 Å². The van der Waals surface area contributed by atoms with Gasteiger partial charge in [0.1, 0.15) is 17.1 Å². The molecule has 0 saturated carbocycles. The maximum atomic E-state index is 11.6. The van der Waals surface area contributed by atoms with Crippen molar-refractivity contribution in [2.75, 3.05) is 13.2 Å². The van der Waals surface area contributed by atoms with E-state index >= 15 is 0 Å². The number of aromatic carboxylic acids is 1. The van der Waals surface area contributed by atoms with Gasteiger partial charge in [0.15, 0.2) is 6.10 Å². The van der Waals surface area contributed by atoms with Crippen LogP contribution in [0.1, 0.15) is 37.6 Å². The van der Waals surface area contributed by atoms with Crippen molar-refractivity contribution >= 4 is 11.9 Å². The lowest BCUT2D eigenvalue weighted by atomic mass is 10.2. The molecule has 0 aliphatic heterocycles. The van der Waals surface area contributed by atoms with Gasteiger partial charge in [-0.05, 0) is 32.4 Å². The van der Waals surface area contributed by atoms with Crippen LogP contribution in [0.5, 0.6) is 11.5 Å². The first-order chi connectivity index (χ1) is 9.99. The average molecular weight is 296 g/mol. The van der Waals surface area contributed by atoms with Crippen LogP contribution in [0.3, 0.4) is 0 Å². The number of carbonyl (C=O) groups excluding carboxylic acids is 1. The Kier molecular flexibility index (Phi) is 6.52. The zero-order valence-corrected chi connectivity index (χ0v) is 12.4. The molecule has 0 amide bonds. The maximum absolute atomic E-state index is 11.6. The molecule has 1 aromatic rings. The smallest absolute Gasteiger partial charge is 0.347 e. The zero-order chi connectivity index (χ0) is 15.8. The molecule has 0 spiro atoms. The van der Waals surface area contributed by atoms with Gasteiger partial charge in [0, 0.05) is 6.07 Å². The molecule has 6 heteroatoms. The maximum Gasteiger partial charge on any atom is 0.347 e. The number of carboxylic acid groups (broad SMARTS) is 1. The summed E-state index contributed by atoms with van der Waals surface area (Å²) in [6.45, 7) is 5.90.